The lowest BCUT2D eigenvalue weighted by molar-refractivity contribution is -0.131. The van der Waals surface area contributed by atoms with Crippen LogP contribution in [0.4, 0.5) is 0 Å². The van der Waals surface area contributed by atoms with Crippen LogP contribution in [0.2, 0.25) is 0 Å². The topological polar surface area (TPSA) is 46.5 Å². The molecule has 0 atom stereocenters. The number of carboxylic acid groups (broad SMARTS) is 1. The Kier molecular flexibility index (Phi) is 4.85. The van der Waals surface area contributed by atoms with Crippen molar-refractivity contribution < 1.29 is 14.6 Å². The predicted molar refractivity (Wildman–Crippen MR) is 80.9 cm³/mol. The minimum absolute atomic E-state index is 0.279. The summed E-state index contributed by atoms with van der Waals surface area (Å²) >= 11 is 1.22. The summed E-state index contributed by atoms with van der Waals surface area (Å²) in [7, 11) is 1.60. The molecule has 0 radical (unpaired) electrons. The first kappa shape index (κ1) is 14.2. The van der Waals surface area contributed by atoms with Crippen molar-refractivity contribution in [2.45, 2.75) is 4.90 Å². The molecule has 0 heterocycles. The third kappa shape index (κ3) is 3.90. The van der Waals surface area contributed by atoms with E-state index in [0.29, 0.717) is 0 Å². The standard InChI is InChI=1S/C16H14O3S/c1-19-13-7-9-14(10-8-13)20-15(16(17)18)11-12-5-3-2-4-6-12/h2-11H,1H3,(H,17,18)/b15-11-. The first-order valence-corrected chi connectivity index (χ1v) is 6.82. The number of thioether (sulfide) groups is 1. The highest BCUT2D eigenvalue weighted by Gasteiger charge is 2.09. The van der Waals surface area contributed by atoms with Gasteiger partial charge in [0.2, 0.25) is 0 Å². The highest BCUT2D eigenvalue weighted by atomic mass is 32.2. The molecule has 0 aliphatic heterocycles. The summed E-state index contributed by atoms with van der Waals surface area (Å²) in [4.78, 5) is 12.5. The highest BCUT2D eigenvalue weighted by Crippen LogP contribution is 2.29. The number of hydrogen-bond donors (Lipinski definition) is 1. The van der Waals surface area contributed by atoms with E-state index in [0.717, 1.165) is 16.2 Å². The van der Waals surface area contributed by atoms with E-state index in [1.54, 1.807) is 13.2 Å². The van der Waals surface area contributed by atoms with Gasteiger partial charge >= 0.3 is 5.97 Å². The molecule has 0 unspecified atom stereocenters. The number of benzene rings is 2. The van der Waals surface area contributed by atoms with Crippen LogP contribution in [-0.2, 0) is 4.79 Å². The Hall–Kier alpha value is -2.20. The summed E-state index contributed by atoms with van der Waals surface area (Å²) in [6.45, 7) is 0. The molecule has 3 nitrogen and oxygen atoms in total. The molecule has 0 bridgehead atoms. The number of carboxylic acids is 1. The molecule has 2 aromatic carbocycles. The maximum Gasteiger partial charge on any atom is 0.342 e. The van der Waals surface area contributed by atoms with Gasteiger partial charge in [-0.3, -0.25) is 0 Å². The van der Waals surface area contributed by atoms with Crippen LogP contribution in [0.25, 0.3) is 6.08 Å². The van der Waals surface area contributed by atoms with Gasteiger partial charge in [0, 0.05) is 4.90 Å². The zero-order valence-corrected chi connectivity index (χ0v) is 11.8. The molecule has 2 rings (SSSR count). The van der Waals surface area contributed by atoms with Crippen LogP contribution in [0.15, 0.2) is 64.4 Å². The Balaban J connectivity index is 2.21. The van der Waals surface area contributed by atoms with E-state index < -0.39 is 5.97 Å². The maximum absolute atomic E-state index is 11.3. The van der Waals surface area contributed by atoms with Gasteiger partial charge in [-0.25, -0.2) is 4.79 Å². The normalized spacial score (nSPS) is 11.2. The fourth-order valence-corrected chi connectivity index (χ4v) is 2.41. The van der Waals surface area contributed by atoms with Crippen molar-refractivity contribution in [2.24, 2.45) is 0 Å². The Morgan fingerprint density at radius 1 is 1.10 bits per heavy atom. The van der Waals surface area contributed by atoms with Crippen molar-refractivity contribution in [1.29, 1.82) is 0 Å². The quantitative estimate of drug-likeness (QED) is 0.668. The largest absolute Gasteiger partial charge is 0.497 e. The summed E-state index contributed by atoms with van der Waals surface area (Å²) in [6, 6.07) is 16.7. The summed E-state index contributed by atoms with van der Waals surface area (Å²) in [6.07, 6.45) is 1.66. The summed E-state index contributed by atoms with van der Waals surface area (Å²) in [5, 5.41) is 9.28. The zero-order valence-electron chi connectivity index (χ0n) is 10.9. The van der Waals surface area contributed by atoms with E-state index >= 15 is 0 Å². The van der Waals surface area contributed by atoms with E-state index in [2.05, 4.69) is 0 Å². The smallest absolute Gasteiger partial charge is 0.342 e. The fourth-order valence-electron chi connectivity index (χ4n) is 1.61. The van der Waals surface area contributed by atoms with Crippen molar-refractivity contribution in [3.63, 3.8) is 0 Å². The van der Waals surface area contributed by atoms with Gasteiger partial charge in [-0.1, -0.05) is 42.1 Å². The third-order valence-electron chi connectivity index (χ3n) is 2.60. The number of ether oxygens (including phenoxy) is 1. The molecule has 0 saturated carbocycles. The average Bonchev–Trinajstić information content (AvgIpc) is 2.48. The van der Waals surface area contributed by atoms with E-state index in [4.69, 9.17) is 4.74 Å². The minimum Gasteiger partial charge on any atom is -0.497 e. The van der Waals surface area contributed by atoms with Crippen LogP contribution >= 0.6 is 11.8 Å². The molecule has 4 heteroatoms. The lowest BCUT2D eigenvalue weighted by Crippen LogP contribution is -1.96. The molecule has 0 amide bonds. The SMILES string of the molecule is COc1ccc(S/C(=C\c2ccccc2)C(=O)O)cc1. The Bertz CT molecular complexity index is 603. The van der Waals surface area contributed by atoms with Crippen molar-refractivity contribution in [2.75, 3.05) is 7.11 Å². The molecule has 0 aliphatic rings. The molecule has 102 valence electrons. The predicted octanol–water partition coefficient (Wildman–Crippen LogP) is 3.91. The lowest BCUT2D eigenvalue weighted by Gasteiger charge is -2.04. The van der Waals surface area contributed by atoms with Crippen LogP contribution in [0.3, 0.4) is 0 Å². The van der Waals surface area contributed by atoms with E-state index in [1.807, 2.05) is 54.6 Å². The van der Waals surface area contributed by atoms with E-state index in [1.165, 1.54) is 11.8 Å². The van der Waals surface area contributed by atoms with Gasteiger partial charge in [-0.2, -0.15) is 0 Å². The van der Waals surface area contributed by atoms with Crippen molar-refractivity contribution in [3.8, 4) is 5.75 Å². The summed E-state index contributed by atoms with van der Waals surface area (Å²) in [5.41, 5.74) is 0.867. The van der Waals surface area contributed by atoms with Gasteiger partial charge in [0.1, 0.15) is 5.75 Å². The van der Waals surface area contributed by atoms with Crippen molar-refractivity contribution in [3.05, 3.63) is 65.1 Å². The maximum atomic E-state index is 11.3. The van der Waals surface area contributed by atoms with Gasteiger partial charge in [0.15, 0.2) is 0 Å². The van der Waals surface area contributed by atoms with Gasteiger partial charge in [-0.15, -0.1) is 0 Å². The molecule has 0 saturated heterocycles. The molecular weight excluding hydrogens is 272 g/mol. The second-order valence-electron chi connectivity index (χ2n) is 4.00. The Morgan fingerprint density at radius 3 is 2.30 bits per heavy atom. The number of methoxy groups -OCH3 is 1. The number of carbonyl (C=O) groups is 1. The Labute approximate surface area is 121 Å². The summed E-state index contributed by atoms with van der Waals surface area (Å²) < 4.78 is 5.08. The third-order valence-corrected chi connectivity index (χ3v) is 3.62. The van der Waals surface area contributed by atoms with Gasteiger partial charge < -0.3 is 9.84 Å². The number of aliphatic carboxylic acids is 1. The average molecular weight is 286 g/mol. The lowest BCUT2D eigenvalue weighted by atomic mass is 10.2. The molecule has 0 aliphatic carbocycles. The monoisotopic (exact) mass is 286 g/mol. The van der Waals surface area contributed by atoms with Crippen LogP contribution in [0, 0.1) is 0 Å². The molecule has 0 aromatic heterocycles. The number of hydrogen-bond acceptors (Lipinski definition) is 3. The van der Waals surface area contributed by atoms with Crippen molar-refractivity contribution >= 4 is 23.8 Å². The van der Waals surface area contributed by atoms with Crippen LogP contribution in [0.5, 0.6) is 5.75 Å². The molecule has 20 heavy (non-hydrogen) atoms. The molecule has 1 N–H and O–H groups in total. The molecule has 2 aromatic rings. The zero-order chi connectivity index (χ0) is 14.4. The Morgan fingerprint density at radius 2 is 1.75 bits per heavy atom. The van der Waals surface area contributed by atoms with Crippen molar-refractivity contribution in [1.82, 2.24) is 0 Å². The van der Waals surface area contributed by atoms with E-state index in [-0.39, 0.29) is 4.91 Å². The molecule has 0 fully saturated rings. The van der Waals surface area contributed by atoms with Gasteiger partial charge in [0.05, 0.1) is 12.0 Å². The second-order valence-corrected chi connectivity index (χ2v) is 5.12. The summed E-state index contributed by atoms with van der Waals surface area (Å²) in [5.74, 6) is -0.187. The highest BCUT2D eigenvalue weighted by molar-refractivity contribution is 8.04. The fraction of sp³-hybridized carbons (Fsp3) is 0.0625. The van der Waals surface area contributed by atoms with Gasteiger partial charge in [-0.05, 0) is 35.9 Å². The first-order chi connectivity index (χ1) is 9.69. The number of rotatable bonds is 5. The molecule has 0 spiro atoms. The minimum atomic E-state index is -0.935. The molecular formula is C16H14O3S. The second kappa shape index (κ2) is 6.82. The van der Waals surface area contributed by atoms with Crippen LogP contribution in [0.1, 0.15) is 5.56 Å². The van der Waals surface area contributed by atoms with Crippen LogP contribution in [-0.4, -0.2) is 18.2 Å². The van der Waals surface area contributed by atoms with E-state index in [9.17, 15) is 9.90 Å². The van der Waals surface area contributed by atoms with Crippen LogP contribution < -0.4 is 4.74 Å². The van der Waals surface area contributed by atoms with Gasteiger partial charge in [0.25, 0.3) is 0 Å². The first-order valence-electron chi connectivity index (χ1n) is 6.01.